The number of hydrogen-bond acceptors (Lipinski definition) is 6. The first-order valence-corrected chi connectivity index (χ1v) is 11.2. The number of hydrogen-bond donors (Lipinski definition) is 2. The van der Waals surface area contributed by atoms with Crippen LogP contribution in [0.2, 0.25) is 0 Å². The number of aromatic nitrogens is 3. The van der Waals surface area contributed by atoms with Gasteiger partial charge in [-0.05, 0) is 36.1 Å². The highest BCUT2D eigenvalue weighted by Crippen LogP contribution is 2.51. The van der Waals surface area contributed by atoms with Crippen molar-refractivity contribution in [3.63, 3.8) is 0 Å². The number of aryl methyl sites for hydroxylation is 1. The number of likely N-dealkylation sites (tertiary alicyclic amines) is 1. The fourth-order valence-corrected chi connectivity index (χ4v) is 4.71. The van der Waals surface area contributed by atoms with Crippen LogP contribution in [0.25, 0.3) is 11.3 Å². The lowest BCUT2D eigenvalue weighted by molar-refractivity contribution is 0.0622. The molecule has 2 aliphatic rings. The highest BCUT2D eigenvalue weighted by atomic mass is 16.5. The van der Waals surface area contributed by atoms with Gasteiger partial charge in [0, 0.05) is 61.6 Å². The van der Waals surface area contributed by atoms with Crippen molar-refractivity contribution in [2.45, 2.75) is 26.0 Å². The molecule has 1 aliphatic heterocycles. The third-order valence-corrected chi connectivity index (χ3v) is 6.51. The molecule has 2 fully saturated rings. The highest BCUT2D eigenvalue weighted by molar-refractivity contribution is 5.59. The van der Waals surface area contributed by atoms with Gasteiger partial charge in [0.25, 0.3) is 0 Å². The maximum absolute atomic E-state index is 9.59. The maximum atomic E-state index is 9.59. The van der Waals surface area contributed by atoms with Crippen LogP contribution in [0.4, 0.5) is 0 Å². The van der Waals surface area contributed by atoms with E-state index in [4.69, 9.17) is 9.63 Å². The summed E-state index contributed by atoms with van der Waals surface area (Å²) in [7, 11) is 0. The van der Waals surface area contributed by atoms with Crippen LogP contribution in [-0.4, -0.2) is 62.2 Å². The lowest BCUT2D eigenvalue weighted by Gasteiger charge is -2.20. The van der Waals surface area contributed by atoms with E-state index < -0.39 is 6.10 Å². The zero-order valence-electron chi connectivity index (χ0n) is 18.2. The van der Waals surface area contributed by atoms with Gasteiger partial charge in [-0.15, -0.1) is 0 Å². The van der Waals surface area contributed by atoms with Gasteiger partial charge in [0.15, 0.2) is 5.76 Å². The van der Waals surface area contributed by atoms with Crippen molar-refractivity contribution in [3.8, 4) is 23.2 Å². The fraction of sp³-hybridized carbons (Fsp3) is 0.440. The van der Waals surface area contributed by atoms with Crippen LogP contribution in [0.3, 0.4) is 0 Å². The Morgan fingerprint density at radius 2 is 2.00 bits per heavy atom. The number of β-amino-alcohol motifs (C(OH)–C–C–N with tert-alkyl or cyclic N) is 1. The molecule has 3 aromatic rings. The Bertz CT molecular complexity index is 1110. The molecule has 3 unspecified atom stereocenters. The molecular formula is C25H28N4O3. The van der Waals surface area contributed by atoms with Crippen molar-refractivity contribution < 1.29 is 14.7 Å². The summed E-state index contributed by atoms with van der Waals surface area (Å²) in [6, 6.07) is 10.1. The zero-order chi connectivity index (χ0) is 22.1. The molecule has 1 saturated heterocycles. The SMILES string of the molecule is CCc1nccn1Cc1cc(-c2ccc(C#CC3C4CN(CC(O)CO)CC34)cc2)on1. The molecule has 166 valence electrons. The van der Waals surface area contributed by atoms with Crippen LogP contribution in [0.5, 0.6) is 0 Å². The molecule has 0 amide bonds. The molecule has 1 aliphatic carbocycles. The molecule has 2 aromatic heterocycles. The van der Waals surface area contributed by atoms with Gasteiger partial charge in [0.1, 0.15) is 11.5 Å². The van der Waals surface area contributed by atoms with Crippen molar-refractivity contribution in [2.75, 3.05) is 26.2 Å². The van der Waals surface area contributed by atoms with Gasteiger partial charge in [-0.3, -0.25) is 0 Å². The minimum atomic E-state index is -0.643. The Labute approximate surface area is 187 Å². The maximum Gasteiger partial charge on any atom is 0.167 e. The molecule has 3 heterocycles. The van der Waals surface area contributed by atoms with E-state index in [1.54, 1.807) is 0 Å². The number of rotatable bonds is 7. The molecule has 0 spiro atoms. The summed E-state index contributed by atoms with van der Waals surface area (Å²) in [5.41, 5.74) is 2.85. The van der Waals surface area contributed by atoms with Gasteiger partial charge < -0.3 is 24.2 Å². The lowest BCUT2D eigenvalue weighted by atomic mass is 10.1. The van der Waals surface area contributed by atoms with E-state index in [1.807, 2.05) is 42.7 Å². The van der Waals surface area contributed by atoms with Gasteiger partial charge >= 0.3 is 0 Å². The van der Waals surface area contributed by atoms with E-state index in [9.17, 15) is 5.11 Å². The normalized spacial score (nSPS) is 22.9. The summed E-state index contributed by atoms with van der Waals surface area (Å²) in [4.78, 5) is 6.57. The van der Waals surface area contributed by atoms with Gasteiger partial charge in [-0.2, -0.15) is 0 Å². The van der Waals surface area contributed by atoms with Crippen LogP contribution in [0, 0.1) is 29.6 Å². The number of benzene rings is 1. The molecule has 5 rings (SSSR count). The van der Waals surface area contributed by atoms with E-state index in [1.165, 1.54) is 0 Å². The van der Waals surface area contributed by atoms with Crippen molar-refractivity contribution in [1.82, 2.24) is 19.6 Å². The Balaban J connectivity index is 1.17. The van der Waals surface area contributed by atoms with Crippen molar-refractivity contribution in [2.24, 2.45) is 17.8 Å². The average Bonchev–Trinajstić information content (AvgIpc) is 3.29. The van der Waals surface area contributed by atoms with Crippen molar-refractivity contribution in [1.29, 1.82) is 0 Å². The first-order chi connectivity index (χ1) is 15.6. The summed E-state index contributed by atoms with van der Waals surface area (Å²) in [5.74, 6) is 10.2. The fourth-order valence-electron chi connectivity index (χ4n) is 4.71. The van der Waals surface area contributed by atoms with Gasteiger partial charge in [-0.1, -0.05) is 23.9 Å². The van der Waals surface area contributed by atoms with Crippen LogP contribution >= 0.6 is 0 Å². The summed E-state index contributed by atoms with van der Waals surface area (Å²) in [6.45, 7) is 5.04. The number of imidazole rings is 1. The minimum Gasteiger partial charge on any atom is -0.394 e. The second kappa shape index (κ2) is 8.91. The van der Waals surface area contributed by atoms with E-state index in [0.29, 0.717) is 30.8 Å². The molecule has 3 atom stereocenters. The molecule has 0 radical (unpaired) electrons. The van der Waals surface area contributed by atoms with E-state index in [0.717, 1.165) is 47.9 Å². The molecule has 7 nitrogen and oxygen atoms in total. The highest BCUT2D eigenvalue weighted by Gasteiger charge is 2.54. The number of aliphatic hydroxyl groups is 2. The van der Waals surface area contributed by atoms with Crippen molar-refractivity contribution in [3.05, 3.63) is 59.8 Å². The largest absolute Gasteiger partial charge is 0.394 e. The van der Waals surface area contributed by atoms with Gasteiger partial charge in [0.05, 0.1) is 19.3 Å². The van der Waals surface area contributed by atoms with Crippen molar-refractivity contribution >= 4 is 0 Å². The topological polar surface area (TPSA) is 87.6 Å². The smallest absolute Gasteiger partial charge is 0.167 e. The van der Waals surface area contributed by atoms with Crippen LogP contribution in [0.1, 0.15) is 24.0 Å². The van der Waals surface area contributed by atoms with E-state index >= 15 is 0 Å². The van der Waals surface area contributed by atoms with E-state index in [2.05, 4.69) is 38.4 Å². The quantitative estimate of drug-likeness (QED) is 0.556. The summed E-state index contributed by atoms with van der Waals surface area (Å²) >= 11 is 0. The average molecular weight is 433 g/mol. The third kappa shape index (κ3) is 4.35. The minimum absolute atomic E-state index is 0.176. The van der Waals surface area contributed by atoms with Gasteiger partial charge in [-0.25, -0.2) is 4.98 Å². The van der Waals surface area contributed by atoms with Crippen LogP contribution < -0.4 is 0 Å². The predicted molar refractivity (Wildman–Crippen MR) is 120 cm³/mol. The number of aliphatic hydroxyl groups excluding tert-OH is 2. The summed E-state index contributed by atoms with van der Waals surface area (Å²) < 4.78 is 7.64. The van der Waals surface area contributed by atoms with Crippen LogP contribution in [0.15, 0.2) is 47.2 Å². The van der Waals surface area contributed by atoms with Gasteiger partial charge in [0.2, 0.25) is 0 Å². The lowest BCUT2D eigenvalue weighted by Crippen LogP contribution is -2.34. The molecule has 32 heavy (non-hydrogen) atoms. The molecule has 1 aromatic carbocycles. The Morgan fingerprint density at radius 3 is 2.72 bits per heavy atom. The third-order valence-electron chi connectivity index (χ3n) is 6.51. The monoisotopic (exact) mass is 432 g/mol. The Morgan fingerprint density at radius 1 is 1.22 bits per heavy atom. The van der Waals surface area contributed by atoms with Crippen LogP contribution in [-0.2, 0) is 13.0 Å². The first-order valence-electron chi connectivity index (χ1n) is 11.2. The summed E-state index contributed by atoms with van der Waals surface area (Å²) in [6.07, 6.45) is 4.01. The Hall–Kier alpha value is -2.92. The zero-order valence-corrected chi connectivity index (χ0v) is 18.2. The van der Waals surface area contributed by atoms with E-state index in [-0.39, 0.29) is 6.61 Å². The first kappa shape index (κ1) is 21.0. The second-order valence-electron chi connectivity index (χ2n) is 8.76. The Kier molecular flexibility index (Phi) is 5.83. The molecule has 7 heteroatoms. The number of fused-ring (bicyclic) bond motifs is 1. The number of piperidine rings is 1. The standard InChI is InChI=1S/C25H28N4O3/c1-2-25-26-9-10-29(25)12-19-11-24(32-27-19)18-6-3-17(4-7-18)5-8-21-22-14-28(15-23(21)22)13-20(31)16-30/h3-4,6-7,9-11,20-23,30-31H,2,12-16H2,1H3. The molecule has 0 bridgehead atoms. The molecular weight excluding hydrogens is 404 g/mol. The predicted octanol–water partition coefficient (Wildman–Crippen LogP) is 2.03. The number of nitrogens with zero attached hydrogens (tertiary/aromatic N) is 4. The second-order valence-corrected chi connectivity index (χ2v) is 8.76. The molecule has 2 N–H and O–H groups in total. The summed E-state index contributed by atoms with van der Waals surface area (Å²) in [5, 5.41) is 22.8. The molecule has 1 saturated carbocycles.